The molecule has 11 heteroatoms. The summed E-state index contributed by atoms with van der Waals surface area (Å²) in [6, 6.07) is 8.09. The molecular formula is C36H54FN5O5. The van der Waals surface area contributed by atoms with Crippen LogP contribution >= 0.6 is 0 Å². The Morgan fingerprint density at radius 3 is 2.68 bits per heavy atom. The number of esters is 1. The fourth-order valence-electron chi connectivity index (χ4n) is 6.18. The van der Waals surface area contributed by atoms with Crippen molar-refractivity contribution >= 4 is 17.8 Å². The van der Waals surface area contributed by atoms with Crippen LogP contribution in [0.5, 0.6) is 5.75 Å². The molecule has 2 aliphatic heterocycles. The lowest BCUT2D eigenvalue weighted by Gasteiger charge is -2.32. The lowest BCUT2D eigenvalue weighted by atomic mass is 9.98. The van der Waals surface area contributed by atoms with Crippen LogP contribution in [-0.2, 0) is 27.1 Å². The summed E-state index contributed by atoms with van der Waals surface area (Å²) in [5.41, 5.74) is 7.48. The average Bonchev–Trinajstić information content (AvgIpc) is 3.40. The number of benzene rings is 1. The van der Waals surface area contributed by atoms with E-state index in [1.54, 1.807) is 28.9 Å². The lowest BCUT2D eigenvalue weighted by molar-refractivity contribution is -0.144. The maximum Gasteiger partial charge on any atom is 0.320 e. The van der Waals surface area contributed by atoms with E-state index in [1.165, 1.54) is 11.6 Å². The largest absolute Gasteiger partial charge is 0.484 e. The number of carbonyl (C=O) groups is 2. The number of nitrogens with one attached hydrogen (secondary N) is 1. The highest BCUT2D eigenvalue weighted by Crippen LogP contribution is 2.34. The SMILES string of the molecule is CCOC(=O)C[C@H](c1ccc(OC(C)(CC)CCOC(C)(C)CCN)c(F)c1)N1CCN(CCCc2ccc3c(n2)NCCC3)C1=O. The predicted octanol–water partition coefficient (Wildman–Crippen LogP) is 6.03. The number of aryl methyl sites for hydroxylation is 2. The molecule has 1 unspecified atom stereocenters. The molecule has 1 aromatic heterocycles. The normalized spacial score (nSPS) is 16.8. The Balaban J connectivity index is 1.41. The molecule has 0 spiro atoms. The molecule has 1 fully saturated rings. The standard InChI is InChI=1S/C36H54FN5O5/c1-6-36(5,17-23-46-35(3,4)16-18-38)47-31-15-13-27(24-29(31)37)30(25-32(43)45-7-2)42-22-21-41(34(42)44)20-9-11-28-14-12-26-10-8-19-39-33(26)40-28/h12-15,24,30H,6-11,16-23,25,38H2,1-5H3,(H,39,40)/t30-,36?/m1/s1. The molecule has 10 nitrogen and oxygen atoms in total. The number of ether oxygens (including phenoxy) is 3. The minimum atomic E-state index is -0.667. The van der Waals surface area contributed by atoms with Crippen LogP contribution in [0.25, 0.3) is 0 Å². The number of carbonyl (C=O) groups excluding carboxylic acids is 2. The van der Waals surface area contributed by atoms with Crippen molar-refractivity contribution in [1.29, 1.82) is 0 Å². The van der Waals surface area contributed by atoms with Crippen molar-refractivity contribution in [2.45, 2.75) is 103 Å². The van der Waals surface area contributed by atoms with Crippen molar-refractivity contribution in [1.82, 2.24) is 14.8 Å². The number of hydrogen-bond donors (Lipinski definition) is 2. The molecule has 0 aliphatic carbocycles. The van der Waals surface area contributed by atoms with Gasteiger partial charge in [0.1, 0.15) is 11.4 Å². The fourth-order valence-corrected chi connectivity index (χ4v) is 6.18. The third kappa shape index (κ3) is 10.0. The Bertz CT molecular complexity index is 1360. The van der Waals surface area contributed by atoms with Gasteiger partial charge in [-0.1, -0.05) is 19.1 Å². The Morgan fingerprint density at radius 1 is 1.15 bits per heavy atom. The van der Waals surface area contributed by atoms with Gasteiger partial charge >= 0.3 is 12.0 Å². The average molecular weight is 656 g/mol. The number of fused-ring (bicyclic) bond motifs is 1. The molecule has 47 heavy (non-hydrogen) atoms. The Hall–Kier alpha value is -3.44. The lowest BCUT2D eigenvalue weighted by Crippen LogP contribution is -2.37. The molecule has 260 valence electrons. The summed E-state index contributed by atoms with van der Waals surface area (Å²) in [6.07, 6.45) is 5.57. The summed E-state index contributed by atoms with van der Waals surface area (Å²) in [5.74, 6) is 0.108. The minimum Gasteiger partial charge on any atom is -0.484 e. The first kappa shape index (κ1) is 36.4. The van der Waals surface area contributed by atoms with Crippen LogP contribution in [0.15, 0.2) is 30.3 Å². The molecule has 0 bridgehead atoms. The van der Waals surface area contributed by atoms with Gasteiger partial charge in [-0.05, 0) is 102 Å². The van der Waals surface area contributed by atoms with E-state index in [9.17, 15) is 9.59 Å². The first-order valence-electron chi connectivity index (χ1n) is 17.2. The smallest absolute Gasteiger partial charge is 0.320 e. The maximum absolute atomic E-state index is 15.7. The Labute approximate surface area is 279 Å². The molecule has 1 saturated heterocycles. The summed E-state index contributed by atoms with van der Waals surface area (Å²) < 4.78 is 33.2. The van der Waals surface area contributed by atoms with Gasteiger partial charge < -0.3 is 35.1 Å². The summed E-state index contributed by atoms with van der Waals surface area (Å²) in [5, 5.41) is 3.37. The third-order valence-electron chi connectivity index (χ3n) is 9.30. The summed E-state index contributed by atoms with van der Waals surface area (Å²) >= 11 is 0. The van der Waals surface area contributed by atoms with Crippen LogP contribution in [0.1, 0.15) is 96.0 Å². The van der Waals surface area contributed by atoms with Crippen LogP contribution in [0.2, 0.25) is 0 Å². The highest BCUT2D eigenvalue weighted by atomic mass is 19.1. The number of nitrogens with zero attached hydrogens (tertiary/aromatic N) is 3. The zero-order valence-electron chi connectivity index (χ0n) is 28.9. The number of nitrogens with two attached hydrogens (primary N) is 1. The second-order valence-corrected chi connectivity index (χ2v) is 13.4. The monoisotopic (exact) mass is 655 g/mol. The highest BCUT2D eigenvalue weighted by molar-refractivity contribution is 5.78. The van der Waals surface area contributed by atoms with Gasteiger partial charge in [-0.15, -0.1) is 0 Å². The topological polar surface area (TPSA) is 119 Å². The summed E-state index contributed by atoms with van der Waals surface area (Å²) in [6.45, 7) is 13.4. The van der Waals surface area contributed by atoms with Gasteiger partial charge in [0.05, 0.1) is 31.3 Å². The zero-order chi connectivity index (χ0) is 34.0. The summed E-state index contributed by atoms with van der Waals surface area (Å²) in [4.78, 5) is 34.5. The summed E-state index contributed by atoms with van der Waals surface area (Å²) in [7, 11) is 0. The molecule has 2 aromatic rings. The van der Waals surface area contributed by atoms with Crippen molar-refractivity contribution in [3.63, 3.8) is 0 Å². The van der Waals surface area contributed by atoms with Crippen LogP contribution in [0.4, 0.5) is 15.0 Å². The number of aromatic nitrogens is 1. The molecule has 2 aliphatic rings. The first-order valence-corrected chi connectivity index (χ1v) is 17.2. The van der Waals surface area contributed by atoms with Crippen LogP contribution in [0.3, 0.4) is 0 Å². The molecular weight excluding hydrogens is 601 g/mol. The van der Waals surface area contributed by atoms with Crippen molar-refractivity contribution < 1.29 is 28.2 Å². The van der Waals surface area contributed by atoms with Gasteiger partial charge in [-0.3, -0.25) is 4.79 Å². The first-order chi connectivity index (χ1) is 22.5. The van der Waals surface area contributed by atoms with E-state index in [0.717, 1.165) is 50.2 Å². The zero-order valence-corrected chi connectivity index (χ0v) is 28.9. The van der Waals surface area contributed by atoms with Gasteiger partial charge in [0.15, 0.2) is 11.6 Å². The molecule has 0 saturated carbocycles. The number of amides is 2. The van der Waals surface area contributed by atoms with Gasteiger partial charge in [0.25, 0.3) is 0 Å². The second-order valence-electron chi connectivity index (χ2n) is 13.4. The van der Waals surface area contributed by atoms with Crippen LogP contribution in [0, 0.1) is 5.82 Å². The number of halogens is 1. The highest BCUT2D eigenvalue weighted by Gasteiger charge is 2.36. The Kier molecular flexibility index (Phi) is 12.8. The number of hydrogen-bond acceptors (Lipinski definition) is 8. The number of anilines is 1. The fraction of sp³-hybridized carbons (Fsp3) is 0.639. The quantitative estimate of drug-likeness (QED) is 0.187. The number of pyridine rings is 1. The maximum atomic E-state index is 15.7. The van der Waals surface area contributed by atoms with Gasteiger partial charge in [0.2, 0.25) is 0 Å². The number of rotatable bonds is 18. The Morgan fingerprint density at radius 2 is 1.96 bits per heavy atom. The van der Waals surface area contributed by atoms with Crippen LogP contribution < -0.4 is 15.8 Å². The third-order valence-corrected chi connectivity index (χ3v) is 9.30. The molecule has 2 amide bonds. The molecule has 3 N–H and O–H groups in total. The van der Waals surface area contributed by atoms with E-state index in [-0.39, 0.29) is 30.4 Å². The van der Waals surface area contributed by atoms with Gasteiger partial charge in [-0.2, -0.15) is 0 Å². The van der Waals surface area contributed by atoms with E-state index in [2.05, 4.69) is 17.4 Å². The van der Waals surface area contributed by atoms with Crippen molar-refractivity contribution in [2.24, 2.45) is 5.73 Å². The molecule has 4 rings (SSSR count). The van der Waals surface area contributed by atoms with Crippen molar-refractivity contribution in [3.8, 4) is 5.75 Å². The van der Waals surface area contributed by atoms with E-state index in [4.69, 9.17) is 24.9 Å². The van der Waals surface area contributed by atoms with Crippen LogP contribution in [-0.4, -0.2) is 83.9 Å². The molecule has 0 radical (unpaired) electrons. The molecule has 3 heterocycles. The van der Waals surface area contributed by atoms with E-state index in [0.29, 0.717) is 51.2 Å². The van der Waals surface area contributed by atoms with E-state index >= 15 is 4.39 Å². The van der Waals surface area contributed by atoms with E-state index < -0.39 is 23.4 Å². The van der Waals surface area contributed by atoms with Crippen molar-refractivity contribution in [3.05, 3.63) is 53.0 Å². The van der Waals surface area contributed by atoms with Gasteiger partial charge in [0, 0.05) is 38.3 Å². The van der Waals surface area contributed by atoms with E-state index in [1.807, 2.05) is 27.7 Å². The van der Waals surface area contributed by atoms with Gasteiger partial charge in [-0.25, -0.2) is 14.2 Å². The molecule has 1 aromatic carbocycles. The van der Waals surface area contributed by atoms with Crippen molar-refractivity contribution in [2.75, 3.05) is 51.3 Å². The predicted molar refractivity (Wildman–Crippen MR) is 181 cm³/mol. The minimum absolute atomic E-state index is 0.0677. The molecule has 2 atom stereocenters. The second kappa shape index (κ2) is 16.6. The number of urea groups is 1.